The number of nitrogens with one attached hydrogen (secondary N) is 2. The van der Waals surface area contributed by atoms with Gasteiger partial charge in [-0.25, -0.2) is 0 Å². The first-order valence-corrected chi connectivity index (χ1v) is 6.41. The normalized spacial score (nSPS) is 9.80. The van der Waals surface area contributed by atoms with E-state index in [1.54, 1.807) is 30.3 Å². The topological polar surface area (TPSA) is 95.5 Å². The van der Waals surface area contributed by atoms with Crippen molar-refractivity contribution in [3.8, 4) is 0 Å². The minimum atomic E-state index is -0.841. The van der Waals surface area contributed by atoms with E-state index in [0.717, 1.165) is 0 Å². The molecule has 0 saturated heterocycles. The second kappa shape index (κ2) is 8.68. The summed E-state index contributed by atoms with van der Waals surface area (Å²) in [4.78, 5) is 33.4. The second-order valence-corrected chi connectivity index (χ2v) is 4.25. The first kappa shape index (κ1) is 15.7. The first-order chi connectivity index (χ1) is 9.59. The lowest BCUT2D eigenvalue weighted by Crippen LogP contribution is -2.37. The smallest absolute Gasteiger partial charge is 0.303 e. The van der Waals surface area contributed by atoms with Crippen molar-refractivity contribution in [1.82, 2.24) is 10.6 Å². The van der Waals surface area contributed by atoms with Crippen LogP contribution in [0.1, 0.15) is 29.6 Å². The van der Waals surface area contributed by atoms with E-state index in [-0.39, 0.29) is 24.8 Å². The van der Waals surface area contributed by atoms with Gasteiger partial charge in [-0.2, -0.15) is 0 Å². The summed E-state index contributed by atoms with van der Waals surface area (Å²) in [6, 6.07) is 8.63. The summed E-state index contributed by atoms with van der Waals surface area (Å²) in [7, 11) is 0. The van der Waals surface area contributed by atoms with Crippen LogP contribution in [0.3, 0.4) is 0 Å². The van der Waals surface area contributed by atoms with Crippen LogP contribution in [-0.4, -0.2) is 36.0 Å². The highest BCUT2D eigenvalue weighted by molar-refractivity contribution is 5.96. The molecule has 3 N–H and O–H groups in total. The van der Waals surface area contributed by atoms with E-state index in [4.69, 9.17) is 5.11 Å². The van der Waals surface area contributed by atoms with Gasteiger partial charge in [0.15, 0.2) is 0 Å². The van der Waals surface area contributed by atoms with Gasteiger partial charge in [0, 0.05) is 18.5 Å². The van der Waals surface area contributed by atoms with Gasteiger partial charge in [0.25, 0.3) is 5.91 Å². The van der Waals surface area contributed by atoms with Gasteiger partial charge in [0.05, 0.1) is 6.54 Å². The van der Waals surface area contributed by atoms with Crippen molar-refractivity contribution in [1.29, 1.82) is 0 Å². The SMILES string of the molecule is O=C(O)CCCCNC(=O)CNC(=O)c1ccccc1. The summed E-state index contributed by atoms with van der Waals surface area (Å²) in [5.41, 5.74) is 0.502. The molecule has 6 nitrogen and oxygen atoms in total. The van der Waals surface area contributed by atoms with Gasteiger partial charge >= 0.3 is 5.97 Å². The van der Waals surface area contributed by atoms with Crippen LogP contribution in [0.4, 0.5) is 0 Å². The quantitative estimate of drug-likeness (QED) is 0.612. The lowest BCUT2D eigenvalue weighted by molar-refractivity contribution is -0.137. The van der Waals surface area contributed by atoms with Crippen molar-refractivity contribution < 1.29 is 19.5 Å². The molecule has 0 saturated carbocycles. The number of rotatable bonds is 8. The van der Waals surface area contributed by atoms with Crippen LogP contribution in [0.25, 0.3) is 0 Å². The molecule has 0 aliphatic carbocycles. The zero-order valence-corrected chi connectivity index (χ0v) is 11.1. The van der Waals surface area contributed by atoms with Crippen molar-refractivity contribution in [2.75, 3.05) is 13.1 Å². The zero-order valence-electron chi connectivity index (χ0n) is 11.1. The molecule has 0 spiro atoms. The Morgan fingerprint density at radius 2 is 1.70 bits per heavy atom. The Morgan fingerprint density at radius 3 is 2.35 bits per heavy atom. The van der Waals surface area contributed by atoms with Gasteiger partial charge in [-0.1, -0.05) is 18.2 Å². The molecule has 2 amide bonds. The maximum atomic E-state index is 11.6. The Hall–Kier alpha value is -2.37. The van der Waals surface area contributed by atoms with E-state index in [9.17, 15) is 14.4 Å². The third-order valence-corrected chi connectivity index (χ3v) is 2.59. The van der Waals surface area contributed by atoms with Gasteiger partial charge in [-0.05, 0) is 25.0 Å². The lowest BCUT2D eigenvalue weighted by atomic mass is 10.2. The standard InChI is InChI=1S/C14H18N2O4/c17-12(15-9-5-4-8-13(18)19)10-16-14(20)11-6-2-1-3-7-11/h1-3,6-7H,4-5,8-10H2,(H,15,17)(H,16,20)(H,18,19). The van der Waals surface area contributed by atoms with E-state index in [2.05, 4.69) is 10.6 Å². The minimum Gasteiger partial charge on any atom is -0.481 e. The number of carbonyl (C=O) groups excluding carboxylic acids is 2. The third-order valence-electron chi connectivity index (χ3n) is 2.59. The summed E-state index contributed by atoms with van der Waals surface area (Å²) in [6.07, 6.45) is 1.22. The molecule has 1 rings (SSSR count). The van der Waals surface area contributed by atoms with Crippen LogP contribution in [0, 0.1) is 0 Å². The minimum absolute atomic E-state index is 0.0906. The van der Waals surface area contributed by atoms with Gasteiger partial charge in [0.1, 0.15) is 0 Å². The molecule has 0 heterocycles. The number of amides is 2. The Balaban J connectivity index is 2.14. The summed E-state index contributed by atoms with van der Waals surface area (Å²) < 4.78 is 0. The third kappa shape index (κ3) is 6.53. The molecule has 0 fully saturated rings. The Labute approximate surface area is 117 Å². The van der Waals surface area contributed by atoms with Crippen LogP contribution in [-0.2, 0) is 9.59 Å². The molecule has 0 bridgehead atoms. The van der Waals surface area contributed by atoms with Gasteiger partial charge in [0.2, 0.25) is 5.91 Å². The molecule has 0 atom stereocenters. The van der Waals surface area contributed by atoms with E-state index < -0.39 is 5.97 Å². The number of hydrogen-bond acceptors (Lipinski definition) is 3. The van der Waals surface area contributed by atoms with E-state index in [1.165, 1.54) is 0 Å². The van der Waals surface area contributed by atoms with Crippen molar-refractivity contribution in [2.45, 2.75) is 19.3 Å². The molecule has 0 aromatic heterocycles. The molecule has 1 aromatic carbocycles. The Kier molecular flexibility index (Phi) is 6.81. The molecule has 6 heteroatoms. The Bertz CT molecular complexity index is 460. The fourth-order valence-electron chi connectivity index (χ4n) is 1.54. The first-order valence-electron chi connectivity index (χ1n) is 6.41. The molecule has 0 aliphatic heterocycles. The predicted octanol–water partition coefficient (Wildman–Crippen LogP) is 0.788. The fourth-order valence-corrected chi connectivity index (χ4v) is 1.54. The molecule has 1 aromatic rings. The van der Waals surface area contributed by atoms with Crippen LogP contribution in [0.5, 0.6) is 0 Å². The highest BCUT2D eigenvalue weighted by Crippen LogP contribution is 1.97. The molecular weight excluding hydrogens is 260 g/mol. The van der Waals surface area contributed by atoms with Gasteiger partial charge in [-0.15, -0.1) is 0 Å². The summed E-state index contributed by atoms with van der Waals surface area (Å²) >= 11 is 0. The molecule has 0 unspecified atom stereocenters. The zero-order chi connectivity index (χ0) is 14.8. The number of carboxylic acids is 1. The number of aliphatic carboxylic acids is 1. The highest BCUT2D eigenvalue weighted by atomic mass is 16.4. The number of carbonyl (C=O) groups is 3. The van der Waals surface area contributed by atoms with E-state index in [0.29, 0.717) is 24.9 Å². The number of hydrogen-bond donors (Lipinski definition) is 3. The van der Waals surface area contributed by atoms with Crippen molar-refractivity contribution in [3.63, 3.8) is 0 Å². The van der Waals surface area contributed by atoms with Crippen molar-refractivity contribution >= 4 is 17.8 Å². The van der Waals surface area contributed by atoms with Gasteiger partial charge < -0.3 is 15.7 Å². The Morgan fingerprint density at radius 1 is 1.00 bits per heavy atom. The van der Waals surface area contributed by atoms with E-state index in [1.807, 2.05) is 0 Å². The molecule has 0 radical (unpaired) electrons. The van der Waals surface area contributed by atoms with Crippen molar-refractivity contribution in [2.24, 2.45) is 0 Å². The summed E-state index contributed by atoms with van der Waals surface area (Å²) in [5.74, 6) is -1.43. The second-order valence-electron chi connectivity index (χ2n) is 4.25. The van der Waals surface area contributed by atoms with Crippen LogP contribution in [0.2, 0.25) is 0 Å². The summed E-state index contributed by atoms with van der Waals surface area (Å²) in [6.45, 7) is 0.319. The largest absolute Gasteiger partial charge is 0.481 e. The highest BCUT2D eigenvalue weighted by Gasteiger charge is 2.06. The number of carboxylic acid groups (broad SMARTS) is 1. The van der Waals surface area contributed by atoms with Gasteiger partial charge in [-0.3, -0.25) is 14.4 Å². The van der Waals surface area contributed by atoms with Crippen molar-refractivity contribution in [3.05, 3.63) is 35.9 Å². The fraction of sp³-hybridized carbons (Fsp3) is 0.357. The average Bonchev–Trinajstić information content (AvgIpc) is 2.45. The number of benzene rings is 1. The maximum absolute atomic E-state index is 11.6. The average molecular weight is 278 g/mol. The molecular formula is C14H18N2O4. The number of unbranched alkanes of at least 4 members (excludes halogenated alkanes) is 1. The van der Waals surface area contributed by atoms with E-state index >= 15 is 0 Å². The summed E-state index contributed by atoms with van der Waals surface area (Å²) in [5, 5.41) is 13.6. The van der Waals surface area contributed by atoms with Crippen LogP contribution >= 0.6 is 0 Å². The molecule has 20 heavy (non-hydrogen) atoms. The predicted molar refractivity (Wildman–Crippen MR) is 73.3 cm³/mol. The van der Waals surface area contributed by atoms with Crippen LogP contribution < -0.4 is 10.6 Å². The molecule has 0 aliphatic rings. The van der Waals surface area contributed by atoms with Crippen LogP contribution in [0.15, 0.2) is 30.3 Å². The monoisotopic (exact) mass is 278 g/mol. The molecule has 108 valence electrons. The lowest BCUT2D eigenvalue weighted by Gasteiger charge is -2.06. The maximum Gasteiger partial charge on any atom is 0.303 e.